The van der Waals surface area contributed by atoms with Crippen LogP contribution in [0.15, 0.2) is 103 Å². The fraction of sp³-hybridized carbons (Fsp3) is 0.323. The summed E-state index contributed by atoms with van der Waals surface area (Å²) >= 11 is 0. The number of methoxy groups -OCH3 is 1. The zero-order valence-electron chi connectivity index (χ0n) is 21.3. The summed E-state index contributed by atoms with van der Waals surface area (Å²) in [6.07, 6.45) is 2.25. The Labute approximate surface area is 219 Å². The number of hydrogen-bond donors (Lipinski definition) is 1. The quantitative estimate of drug-likeness (QED) is 0.212. The molecule has 0 fully saturated rings. The van der Waals surface area contributed by atoms with Gasteiger partial charge < -0.3 is 24.1 Å². The van der Waals surface area contributed by atoms with Crippen LogP contribution in [0.5, 0.6) is 0 Å². The molecule has 0 saturated heterocycles. The van der Waals surface area contributed by atoms with E-state index < -0.39 is 18.3 Å². The van der Waals surface area contributed by atoms with E-state index in [9.17, 15) is 9.90 Å². The zero-order chi connectivity index (χ0) is 26.1. The van der Waals surface area contributed by atoms with Crippen LogP contribution in [0.3, 0.4) is 0 Å². The van der Waals surface area contributed by atoms with E-state index in [1.165, 1.54) is 7.11 Å². The minimum Gasteiger partial charge on any atom is -0.469 e. The van der Waals surface area contributed by atoms with E-state index in [-0.39, 0.29) is 19.0 Å². The molecule has 0 aromatic heterocycles. The second kappa shape index (κ2) is 16.5. The topological polar surface area (TPSA) is 74.2 Å². The third kappa shape index (κ3) is 10.7. The van der Waals surface area contributed by atoms with Gasteiger partial charge in [0.1, 0.15) is 18.3 Å². The van der Waals surface area contributed by atoms with Crippen LogP contribution in [-0.2, 0) is 43.6 Å². The Hall–Kier alpha value is -3.29. The number of ether oxygens (including phenoxy) is 4. The van der Waals surface area contributed by atoms with E-state index in [0.29, 0.717) is 26.2 Å². The third-order valence-electron chi connectivity index (χ3n) is 5.74. The highest BCUT2D eigenvalue weighted by Gasteiger charge is 2.29. The number of carbonyl (C=O) groups is 1. The largest absolute Gasteiger partial charge is 0.469 e. The molecule has 3 rings (SSSR count). The molecule has 0 aliphatic carbocycles. The lowest BCUT2D eigenvalue weighted by molar-refractivity contribution is -0.140. The van der Waals surface area contributed by atoms with Gasteiger partial charge in [0.05, 0.1) is 33.5 Å². The van der Waals surface area contributed by atoms with E-state index in [4.69, 9.17) is 18.9 Å². The highest BCUT2D eigenvalue weighted by molar-refractivity contribution is 5.69. The maximum atomic E-state index is 11.5. The number of aliphatic hydroxyl groups excluding tert-OH is 1. The third-order valence-corrected chi connectivity index (χ3v) is 5.74. The Kier molecular flexibility index (Phi) is 12.6. The lowest BCUT2D eigenvalue weighted by Crippen LogP contribution is -2.42. The van der Waals surface area contributed by atoms with Gasteiger partial charge in [-0.15, -0.1) is 0 Å². The molecule has 1 N–H and O–H groups in total. The predicted molar refractivity (Wildman–Crippen MR) is 143 cm³/mol. The van der Waals surface area contributed by atoms with Gasteiger partial charge in [-0.1, -0.05) is 103 Å². The van der Waals surface area contributed by atoms with Crippen LogP contribution in [0, 0.1) is 0 Å². The van der Waals surface area contributed by atoms with Crippen LogP contribution in [0.25, 0.3) is 0 Å². The van der Waals surface area contributed by atoms with Crippen molar-refractivity contribution in [1.29, 1.82) is 0 Å². The van der Waals surface area contributed by atoms with Crippen LogP contribution in [-0.4, -0.2) is 43.1 Å². The smallest absolute Gasteiger partial charge is 0.305 e. The van der Waals surface area contributed by atoms with Crippen LogP contribution in [0.4, 0.5) is 0 Å². The fourth-order valence-corrected chi connectivity index (χ4v) is 3.72. The summed E-state index contributed by atoms with van der Waals surface area (Å²) in [6, 6.07) is 29.4. The number of allylic oxidation sites excluding steroid dienone is 1. The molecular formula is C31H36O6. The highest BCUT2D eigenvalue weighted by atomic mass is 16.6. The van der Waals surface area contributed by atoms with Crippen LogP contribution in [0.1, 0.15) is 29.5 Å². The first-order chi connectivity index (χ1) is 18.2. The number of aliphatic hydroxyl groups is 1. The van der Waals surface area contributed by atoms with Crippen molar-refractivity contribution in [2.24, 2.45) is 0 Å². The minimum atomic E-state index is -0.946. The normalized spacial score (nSPS) is 13.8. The molecule has 3 atom stereocenters. The number of rotatable bonds is 16. The van der Waals surface area contributed by atoms with E-state index >= 15 is 0 Å². The van der Waals surface area contributed by atoms with Gasteiger partial charge >= 0.3 is 5.97 Å². The first-order valence-corrected chi connectivity index (χ1v) is 12.5. The first-order valence-electron chi connectivity index (χ1n) is 12.5. The second-order valence-corrected chi connectivity index (χ2v) is 8.63. The van der Waals surface area contributed by atoms with E-state index in [2.05, 4.69) is 0 Å². The van der Waals surface area contributed by atoms with Gasteiger partial charge in [-0.05, 0) is 23.1 Å². The molecule has 37 heavy (non-hydrogen) atoms. The van der Waals surface area contributed by atoms with Crippen molar-refractivity contribution in [1.82, 2.24) is 0 Å². The Morgan fingerprint density at radius 2 is 1.30 bits per heavy atom. The number of hydrogen-bond acceptors (Lipinski definition) is 6. The van der Waals surface area contributed by atoms with Crippen molar-refractivity contribution in [3.05, 3.63) is 120 Å². The predicted octanol–water partition coefficient (Wildman–Crippen LogP) is 5.24. The van der Waals surface area contributed by atoms with Crippen molar-refractivity contribution >= 4 is 5.97 Å². The Balaban J connectivity index is 1.72. The van der Waals surface area contributed by atoms with Crippen LogP contribution in [0.2, 0.25) is 0 Å². The van der Waals surface area contributed by atoms with Gasteiger partial charge in [0.15, 0.2) is 0 Å². The summed E-state index contributed by atoms with van der Waals surface area (Å²) in [5.41, 5.74) is 3.02. The maximum Gasteiger partial charge on any atom is 0.305 e. The average Bonchev–Trinajstić information content (AvgIpc) is 2.95. The molecule has 3 aromatic carbocycles. The van der Waals surface area contributed by atoms with Gasteiger partial charge in [0.25, 0.3) is 0 Å². The Morgan fingerprint density at radius 3 is 1.84 bits per heavy atom. The van der Waals surface area contributed by atoms with E-state index in [1.54, 1.807) is 0 Å². The van der Waals surface area contributed by atoms with Crippen molar-refractivity contribution in [3.63, 3.8) is 0 Å². The molecule has 0 heterocycles. The van der Waals surface area contributed by atoms with Crippen molar-refractivity contribution in [3.8, 4) is 0 Å². The Bertz CT molecular complexity index is 1040. The van der Waals surface area contributed by atoms with Gasteiger partial charge in [-0.2, -0.15) is 0 Å². The lowest BCUT2D eigenvalue weighted by Gasteiger charge is -2.29. The monoisotopic (exact) mass is 504 g/mol. The first kappa shape index (κ1) is 28.3. The molecule has 0 spiro atoms. The van der Waals surface area contributed by atoms with E-state index in [0.717, 1.165) is 16.7 Å². The summed E-state index contributed by atoms with van der Waals surface area (Å²) < 4.78 is 23.1. The molecule has 6 nitrogen and oxygen atoms in total. The fourth-order valence-electron chi connectivity index (χ4n) is 3.72. The minimum absolute atomic E-state index is 0.0789. The zero-order valence-corrected chi connectivity index (χ0v) is 21.3. The number of esters is 1. The summed E-state index contributed by atoms with van der Waals surface area (Å²) in [6.45, 7) is 1.11. The number of benzene rings is 3. The van der Waals surface area contributed by atoms with E-state index in [1.807, 2.05) is 103 Å². The molecule has 196 valence electrons. The summed E-state index contributed by atoms with van der Waals surface area (Å²) in [5, 5.41) is 11.2. The second-order valence-electron chi connectivity index (χ2n) is 8.63. The van der Waals surface area contributed by atoms with Crippen molar-refractivity contribution in [2.45, 2.75) is 51.0 Å². The van der Waals surface area contributed by atoms with Gasteiger partial charge in [-0.25, -0.2) is 0 Å². The Morgan fingerprint density at radius 1 is 0.784 bits per heavy atom. The summed E-state index contributed by atoms with van der Waals surface area (Å²) in [7, 11) is 1.37. The number of carbonyl (C=O) groups excluding carboxylic acids is 1. The standard InChI is InChI=1S/C31H36O6/c1-34-30(33)20-12-11-19-29(36-22-26-15-7-3-8-16-26)31(37-23-27-17-9-4-10-18-27)28(32)24-35-21-25-13-5-2-6-14-25/h2-11,13-19,28-29,31-32H,12,20-24H2,1H3/b19-11+/t28-,29+,31+/m0/s1. The highest BCUT2D eigenvalue weighted by Crippen LogP contribution is 2.18. The molecule has 3 aromatic rings. The molecule has 0 amide bonds. The van der Waals surface area contributed by atoms with Gasteiger partial charge in [0, 0.05) is 6.42 Å². The summed E-state index contributed by atoms with van der Waals surface area (Å²) in [5.74, 6) is -0.280. The molecule has 0 saturated carbocycles. The molecule has 6 heteroatoms. The molecule has 0 aliphatic rings. The SMILES string of the molecule is COC(=O)CC/C=C/[C@@H](OCc1ccccc1)[C@H](OCc1ccccc1)[C@@H](O)COCc1ccccc1. The maximum absolute atomic E-state index is 11.5. The van der Waals surface area contributed by atoms with Crippen molar-refractivity contribution in [2.75, 3.05) is 13.7 Å². The lowest BCUT2D eigenvalue weighted by atomic mass is 10.1. The summed E-state index contributed by atoms with van der Waals surface area (Å²) in [4.78, 5) is 11.5. The molecule has 0 radical (unpaired) electrons. The molecular weight excluding hydrogens is 468 g/mol. The molecule has 0 unspecified atom stereocenters. The van der Waals surface area contributed by atoms with Crippen LogP contribution < -0.4 is 0 Å². The van der Waals surface area contributed by atoms with Crippen molar-refractivity contribution < 1.29 is 28.8 Å². The van der Waals surface area contributed by atoms with Gasteiger partial charge in [0.2, 0.25) is 0 Å². The van der Waals surface area contributed by atoms with Crippen LogP contribution >= 0.6 is 0 Å². The van der Waals surface area contributed by atoms with Gasteiger partial charge in [-0.3, -0.25) is 4.79 Å². The molecule has 0 bridgehead atoms. The average molecular weight is 505 g/mol. The molecule has 0 aliphatic heterocycles.